The fourth-order valence-electron chi connectivity index (χ4n) is 2.42. The second-order valence-electron chi connectivity index (χ2n) is 5.36. The molecule has 2 N–H and O–H groups in total. The minimum atomic E-state index is -0.0592. The topological polar surface area (TPSA) is 44.9 Å². The number of H-pyrrole nitrogens is 1. The van der Waals surface area contributed by atoms with Gasteiger partial charge in [0.15, 0.2) is 0 Å². The molecule has 0 aliphatic carbocycles. The van der Waals surface area contributed by atoms with E-state index in [0.29, 0.717) is 12.2 Å². The van der Waals surface area contributed by atoms with Gasteiger partial charge in [-0.2, -0.15) is 0 Å². The lowest BCUT2D eigenvalue weighted by atomic mass is 10.1. The maximum Gasteiger partial charge on any atom is 0.268 e. The third-order valence-corrected chi connectivity index (χ3v) is 4.99. The van der Waals surface area contributed by atoms with E-state index in [-0.39, 0.29) is 5.91 Å². The van der Waals surface area contributed by atoms with Gasteiger partial charge in [0.05, 0.1) is 6.54 Å². The zero-order valence-corrected chi connectivity index (χ0v) is 13.2. The summed E-state index contributed by atoms with van der Waals surface area (Å²) in [4.78, 5) is 16.7. The molecule has 0 radical (unpaired) electrons. The van der Waals surface area contributed by atoms with Crippen molar-refractivity contribution in [2.45, 2.75) is 27.3 Å². The van der Waals surface area contributed by atoms with Gasteiger partial charge in [-0.15, -0.1) is 11.3 Å². The molecule has 0 bridgehead atoms. The molecule has 3 aromatic rings. The summed E-state index contributed by atoms with van der Waals surface area (Å²) < 4.78 is 0. The van der Waals surface area contributed by atoms with Crippen molar-refractivity contribution < 1.29 is 4.79 Å². The molecule has 21 heavy (non-hydrogen) atoms. The smallest absolute Gasteiger partial charge is 0.268 e. The minimum absolute atomic E-state index is 0.0592. The van der Waals surface area contributed by atoms with Crippen LogP contribution >= 0.6 is 11.3 Å². The molecule has 4 heteroatoms. The van der Waals surface area contributed by atoms with Crippen LogP contribution in [0, 0.1) is 20.8 Å². The van der Waals surface area contributed by atoms with Gasteiger partial charge in [-0.25, -0.2) is 0 Å². The molecule has 0 aliphatic rings. The van der Waals surface area contributed by atoms with Crippen LogP contribution in [0.1, 0.15) is 32.1 Å². The first kappa shape index (κ1) is 13.9. The number of fused-ring (bicyclic) bond motifs is 1. The van der Waals surface area contributed by atoms with E-state index in [0.717, 1.165) is 10.9 Å². The van der Waals surface area contributed by atoms with Crippen molar-refractivity contribution in [2.24, 2.45) is 0 Å². The summed E-state index contributed by atoms with van der Waals surface area (Å²) in [6.07, 6.45) is 0. The Labute approximate surface area is 128 Å². The number of aryl methyl sites for hydroxylation is 3. The van der Waals surface area contributed by atoms with Gasteiger partial charge in [-0.1, -0.05) is 6.07 Å². The molecule has 0 spiro atoms. The molecule has 1 amide bonds. The van der Waals surface area contributed by atoms with Crippen LogP contribution in [0.3, 0.4) is 0 Å². The van der Waals surface area contributed by atoms with Gasteiger partial charge in [0.25, 0.3) is 5.91 Å². The molecule has 2 heterocycles. The normalized spacial score (nSPS) is 11.0. The number of benzene rings is 1. The molecular weight excluding hydrogens is 280 g/mol. The standard InChI is InChI=1S/C17H18N2OS/c1-10-4-5-14-13(12(10)3)8-15(19-14)17(20)18-9-16-11(2)6-7-21-16/h4-8,19H,9H2,1-3H3,(H,18,20). The Morgan fingerprint density at radius 1 is 1.19 bits per heavy atom. The number of carbonyl (C=O) groups is 1. The molecular formula is C17H18N2OS. The highest BCUT2D eigenvalue weighted by Crippen LogP contribution is 2.22. The molecule has 0 atom stereocenters. The first-order valence-corrected chi connectivity index (χ1v) is 7.84. The molecule has 1 aromatic carbocycles. The molecule has 3 nitrogen and oxygen atoms in total. The summed E-state index contributed by atoms with van der Waals surface area (Å²) >= 11 is 1.67. The molecule has 0 fully saturated rings. The Morgan fingerprint density at radius 2 is 2.00 bits per heavy atom. The molecule has 0 saturated carbocycles. The lowest BCUT2D eigenvalue weighted by molar-refractivity contribution is 0.0947. The number of amides is 1. The molecule has 3 rings (SSSR count). The maximum absolute atomic E-state index is 12.3. The highest BCUT2D eigenvalue weighted by Gasteiger charge is 2.11. The van der Waals surface area contributed by atoms with Crippen LogP contribution in [0.4, 0.5) is 0 Å². The van der Waals surface area contributed by atoms with E-state index in [4.69, 9.17) is 0 Å². The van der Waals surface area contributed by atoms with Gasteiger partial charge in [0.2, 0.25) is 0 Å². The van der Waals surface area contributed by atoms with Crippen LogP contribution in [0.2, 0.25) is 0 Å². The number of hydrogen-bond donors (Lipinski definition) is 2. The minimum Gasteiger partial charge on any atom is -0.351 e. The quantitative estimate of drug-likeness (QED) is 0.751. The molecule has 0 saturated heterocycles. The first-order valence-electron chi connectivity index (χ1n) is 6.96. The van der Waals surface area contributed by atoms with Crippen molar-refractivity contribution in [2.75, 3.05) is 0 Å². The van der Waals surface area contributed by atoms with E-state index in [1.54, 1.807) is 11.3 Å². The Bertz CT molecular complexity index is 813. The van der Waals surface area contributed by atoms with Gasteiger partial charge < -0.3 is 10.3 Å². The van der Waals surface area contributed by atoms with Gasteiger partial charge in [-0.3, -0.25) is 4.79 Å². The number of aromatic amines is 1. The fourth-order valence-corrected chi connectivity index (χ4v) is 3.27. The van der Waals surface area contributed by atoms with E-state index < -0.39 is 0 Å². The van der Waals surface area contributed by atoms with Crippen LogP contribution < -0.4 is 5.32 Å². The Hall–Kier alpha value is -2.07. The van der Waals surface area contributed by atoms with E-state index in [1.807, 2.05) is 17.5 Å². The van der Waals surface area contributed by atoms with E-state index >= 15 is 0 Å². The van der Waals surface area contributed by atoms with E-state index in [1.165, 1.54) is 21.6 Å². The van der Waals surface area contributed by atoms with E-state index in [2.05, 4.69) is 43.2 Å². The third-order valence-electron chi connectivity index (χ3n) is 3.97. The van der Waals surface area contributed by atoms with Gasteiger partial charge in [0, 0.05) is 15.8 Å². The van der Waals surface area contributed by atoms with Crippen LogP contribution in [0.15, 0.2) is 29.6 Å². The third kappa shape index (κ3) is 2.59. The fraction of sp³-hybridized carbons (Fsp3) is 0.235. The second-order valence-corrected chi connectivity index (χ2v) is 6.36. The summed E-state index contributed by atoms with van der Waals surface area (Å²) in [5, 5.41) is 6.14. The summed E-state index contributed by atoms with van der Waals surface area (Å²) in [6.45, 7) is 6.81. The maximum atomic E-state index is 12.3. The second kappa shape index (κ2) is 5.37. The predicted octanol–water partition coefficient (Wildman–Crippen LogP) is 4.08. The summed E-state index contributed by atoms with van der Waals surface area (Å²) in [5.74, 6) is -0.0592. The van der Waals surface area contributed by atoms with Crippen molar-refractivity contribution in [3.05, 3.63) is 56.9 Å². The van der Waals surface area contributed by atoms with Gasteiger partial charge in [0.1, 0.15) is 5.69 Å². The summed E-state index contributed by atoms with van der Waals surface area (Å²) in [5.41, 5.74) is 5.31. The average molecular weight is 298 g/mol. The Kier molecular flexibility index (Phi) is 3.55. The summed E-state index contributed by atoms with van der Waals surface area (Å²) in [7, 11) is 0. The molecule has 0 unspecified atom stereocenters. The largest absolute Gasteiger partial charge is 0.351 e. The molecule has 0 aliphatic heterocycles. The van der Waals surface area contributed by atoms with Crippen LogP contribution in [-0.4, -0.2) is 10.9 Å². The molecule has 108 valence electrons. The van der Waals surface area contributed by atoms with E-state index in [9.17, 15) is 4.79 Å². The summed E-state index contributed by atoms with van der Waals surface area (Å²) in [6, 6.07) is 8.11. The van der Waals surface area contributed by atoms with Gasteiger partial charge in [-0.05, 0) is 61.0 Å². The Morgan fingerprint density at radius 3 is 2.71 bits per heavy atom. The van der Waals surface area contributed by atoms with Crippen molar-refractivity contribution >= 4 is 28.1 Å². The zero-order valence-electron chi connectivity index (χ0n) is 12.4. The first-order chi connectivity index (χ1) is 10.1. The number of nitrogens with one attached hydrogen (secondary N) is 2. The SMILES string of the molecule is Cc1ccsc1CNC(=O)c1cc2c(C)c(C)ccc2[nH]1. The highest BCUT2D eigenvalue weighted by molar-refractivity contribution is 7.10. The lowest BCUT2D eigenvalue weighted by Crippen LogP contribution is -2.22. The van der Waals surface area contributed by atoms with Crippen molar-refractivity contribution in [3.8, 4) is 0 Å². The highest BCUT2D eigenvalue weighted by atomic mass is 32.1. The number of hydrogen-bond acceptors (Lipinski definition) is 2. The Balaban J connectivity index is 1.82. The van der Waals surface area contributed by atoms with Crippen molar-refractivity contribution in [3.63, 3.8) is 0 Å². The predicted molar refractivity (Wildman–Crippen MR) is 88.0 cm³/mol. The zero-order chi connectivity index (χ0) is 15.0. The molecule has 2 aromatic heterocycles. The van der Waals surface area contributed by atoms with Crippen molar-refractivity contribution in [1.29, 1.82) is 0 Å². The van der Waals surface area contributed by atoms with Crippen LogP contribution in [0.5, 0.6) is 0 Å². The average Bonchev–Trinajstić information content (AvgIpc) is 3.07. The van der Waals surface area contributed by atoms with Crippen molar-refractivity contribution in [1.82, 2.24) is 10.3 Å². The number of thiophene rings is 1. The number of carbonyl (C=O) groups excluding carboxylic acids is 1. The van der Waals surface area contributed by atoms with Crippen LogP contribution in [-0.2, 0) is 6.54 Å². The number of rotatable bonds is 3. The van der Waals surface area contributed by atoms with Gasteiger partial charge >= 0.3 is 0 Å². The lowest BCUT2D eigenvalue weighted by Gasteiger charge is -2.02. The number of aromatic nitrogens is 1. The monoisotopic (exact) mass is 298 g/mol. The van der Waals surface area contributed by atoms with Crippen LogP contribution in [0.25, 0.3) is 10.9 Å².